The maximum Gasteiger partial charge on any atom is 0.323 e. The Hall–Kier alpha value is -3.61. The Labute approximate surface area is 142 Å². The predicted octanol–water partition coefficient (Wildman–Crippen LogP) is 2.22. The van der Waals surface area contributed by atoms with Gasteiger partial charge in [0.25, 0.3) is 0 Å². The quantitative estimate of drug-likeness (QED) is 0.534. The lowest BCUT2D eigenvalue weighted by atomic mass is 10.2. The number of rotatable bonds is 4. The molecule has 0 saturated carbocycles. The van der Waals surface area contributed by atoms with Crippen LogP contribution in [0, 0.1) is 0 Å². The summed E-state index contributed by atoms with van der Waals surface area (Å²) < 4.78 is 1.74. The minimum atomic E-state index is -0.271. The number of nitrogens with one attached hydrogen (secondary N) is 3. The Kier molecular flexibility index (Phi) is 3.66. The van der Waals surface area contributed by atoms with Crippen LogP contribution in [0.2, 0.25) is 0 Å². The van der Waals surface area contributed by atoms with Crippen LogP contribution < -0.4 is 11.0 Å². The van der Waals surface area contributed by atoms with Gasteiger partial charge in [0.2, 0.25) is 5.91 Å². The van der Waals surface area contributed by atoms with E-state index in [0.29, 0.717) is 16.7 Å². The van der Waals surface area contributed by atoms with Gasteiger partial charge in [-0.1, -0.05) is 18.2 Å². The summed E-state index contributed by atoms with van der Waals surface area (Å²) in [6.45, 7) is 0. The Morgan fingerprint density at radius 1 is 1.08 bits per heavy atom. The summed E-state index contributed by atoms with van der Waals surface area (Å²) in [6, 6.07) is 14.9. The smallest absolute Gasteiger partial charge is 0.323 e. The zero-order valence-electron chi connectivity index (χ0n) is 13.2. The molecule has 0 aliphatic carbocycles. The second kappa shape index (κ2) is 6.12. The molecule has 4 aromatic rings. The molecule has 1 amide bonds. The van der Waals surface area contributed by atoms with Gasteiger partial charge in [0.15, 0.2) is 0 Å². The van der Waals surface area contributed by atoms with E-state index in [0.717, 1.165) is 11.3 Å². The molecule has 2 aromatic carbocycles. The largest absolute Gasteiger partial charge is 0.326 e. The first kappa shape index (κ1) is 14.9. The van der Waals surface area contributed by atoms with Gasteiger partial charge in [0.1, 0.15) is 0 Å². The molecule has 2 heterocycles. The number of para-hydroxylation sites is 1. The zero-order chi connectivity index (χ0) is 17.2. The molecule has 3 N–H and O–H groups in total. The Bertz CT molecular complexity index is 1090. The third kappa shape index (κ3) is 3.20. The van der Waals surface area contributed by atoms with Crippen LogP contribution in [0.3, 0.4) is 0 Å². The highest BCUT2D eigenvalue weighted by Crippen LogP contribution is 2.15. The second-order valence-corrected chi connectivity index (χ2v) is 5.69. The van der Waals surface area contributed by atoms with Crippen LogP contribution in [0.1, 0.15) is 5.56 Å². The number of anilines is 1. The third-order valence-corrected chi connectivity index (χ3v) is 3.82. The molecule has 0 radical (unpaired) electrons. The van der Waals surface area contributed by atoms with Crippen molar-refractivity contribution in [3.8, 4) is 5.69 Å². The van der Waals surface area contributed by atoms with E-state index >= 15 is 0 Å². The molecule has 0 spiro atoms. The molecule has 0 fully saturated rings. The monoisotopic (exact) mass is 333 g/mol. The molecule has 4 rings (SSSR count). The van der Waals surface area contributed by atoms with E-state index < -0.39 is 0 Å². The van der Waals surface area contributed by atoms with Crippen molar-refractivity contribution in [3.63, 3.8) is 0 Å². The Morgan fingerprint density at radius 2 is 1.88 bits per heavy atom. The molecule has 0 unspecified atom stereocenters. The van der Waals surface area contributed by atoms with Crippen molar-refractivity contribution in [1.82, 2.24) is 19.7 Å². The highest BCUT2D eigenvalue weighted by atomic mass is 16.1. The number of amides is 1. The van der Waals surface area contributed by atoms with E-state index in [1.807, 2.05) is 36.5 Å². The summed E-state index contributed by atoms with van der Waals surface area (Å²) in [5.41, 5.74) is 3.47. The third-order valence-electron chi connectivity index (χ3n) is 3.82. The lowest BCUT2D eigenvalue weighted by Gasteiger charge is -2.04. The molecular formula is C18H15N5O2. The lowest BCUT2D eigenvalue weighted by molar-refractivity contribution is -0.115. The molecule has 0 saturated heterocycles. The highest BCUT2D eigenvalue weighted by Gasteiger charge is 2.08. The number of hydrogen-bond donors (Lipinski definition) is 3. The molecule has 0 atom stereocenters. The minimum absolute atomic E-state index is 0.148. The lowest BCUT2D eigenvalue weighted by Crippen LogP contribution is -2.14. The van der Waals surface area contributed by atoms with E-state index in [-0.39, 0.29) is 18.0 Å². The molecule has 7 heteroatoms. The summed E-state index contributed by atoms with van der Waals surface area (Å²) in [5.74, 6) is -0.148. The number of hydrogen-bond acceptors (Lipinski definition) is 3. The highest BCUT2D eigenvalue weighted by molar-refractivity contribution is 5.94. The van der Waals surface area contributed by atoms with Crippen LogP contribution in [0.4, 0.5) is 5.69 Å². The fraction of sp³-hybridized carbons (Fsp3) is 0.0556. The number of carbonyl (C=O) groups is 1. The average Bonchev–Trinajstić information content (AvgIpc) is 3.21. The standard InChI is InChI=1S/C18H15N5O2/c24-17(20-13-6-7-15-16(9-13)22-18(25)21-15)8-12-10-19-23(11-12)14-4-2-1-3-5-14/h1-7,9-11H,8H2,(H,20,24)(H2,21,22,25). The fourth-order valence-corrected chi connectivity index (χ4v) is 2.67. The van der Waals surface area contributed by atoms with E-state index in [1.54, 1.807) is 29.1 Å². The van der Waals surface area contributed by atoms with Gasteiger partial charge >= 0.3 is 5.69 Å². The van der Waals surface area contributed by atoms with Crippen molar-refractivity contribution in [3.05, 3.63) is 77.0 Å². The Balaban J connectivity index is 1.46. The van der Waals surface area contributed by atoms with E-state index in [1.165, 1.54) is 0 Å². The summed E-state index contributed by atoms with van der Waals surface area (Å²) >= 11 is 0. The summed E-state index contributed by atoms with van der Waals surface area (Å²) in [4.78, 5) is 28.8. The van der Waals surface area contributed by atoms with Gasteiger partial charge in [-0.2, -0.15) is 5.10 Å². The fourth-order valence-electron chi connectivity index (χ4n) is 2.67. The van der Waals surface area contributed by atoms with Gasteiger partial charge in [0, 0.05) is 11.9 Å². The summed E-state index contributed by atoms with van der Waals surface area (Å²) in [5, 5.41) is 7.11. The maximum absolute atomic E-state index is 12.2. The normalized spacial score (nSPS) is 10.9. The van der Waals surface area contributed by atoms with E-state index in [4.69, 9.17) is 0 Å². The molecule has 7 nitrogen and oxygen atoms in total. The number of fused-ring (bicyclic) bond motifs is 1. The molecule has 0 bridgehead atoms. The molecule has 124 valence electrons. The van der Waals surface area contributed by atoms with Crippen LogP contribution in [0.15, 0.2) is 65.7 Å². The predicted molar refractivity (Wildman–Crippen MR) is 94.8 cm³/mol. The van der Waals surface area contributed by atoms with Gasteiger partial charge in [-0.3, -0.25) is 4.79 Å². The van der Waals surface area contributed by atoms with Crippen molar-refractivity contribution in [2.24, 2.45) is 0 Å². The number of aromatic amines is 2. The number of nitrogens with zero attached hydrogens (tertiary/aromatic N) is 2. The summed E-state index contributed by atoms with van der Waals surface area (Å²) in [6.07, 6.45) is 3.73. The molecular weight excluding hydrogens is 318 g/mol. The zero-order valence-corrected chi connectivity index (χ0v) is 13.2. The first-order chi connectivity index (χ1) is 12.2. The topological polar surface area (TPSA) is 95.6 Å². The summed E-state index contributed by atoms with van der Waals surface area (Å²) in [7, 11) is 0. The number of aromatic nitrogens is 4. The SMILES string of the molecule is O=C(Cc1cnn(-c2ccccc2)c1)Nc1ccc2[nH]c(=O)[nH]c2c1. The van der Waals surface area contributed by atoms with Gasteiger partial charge in [-0.25, -0.2) is 9.48 Å². The number of benzene rings is 2. The van der Waals surface area contributed by atoms with Crippen molar-refractivity contribution >= 4 is 22.6 Å². The van der Waals surface area contributed by atoms with Gasteiger partial charge in [-0.15, -0.1) is 0 Å². The van der Waals surface area contributed by atoms with Gasteiger partial charge in [-0.05, 0) is 35.9 Å². The van der Waals surface area contributed by atoms with E-state index in [9.17, 15) is 9.59 Å². The van der Waals surface area contributed by atoms with Gasteiger partial charge in [0.05, 0.1) is 29.3 Å². The molecule has 0 aliphatic rings. The van der Waals surface area contributed by atoms with Crippen LogP contribution in [-0.4, -0.2) is 25.7 Å². The first-order valence-corrected chi connectivity index (χ1v) is 7.78. The van der Waals surface area contributed by atoms with Crippen LogP contribution in [0.5, 0.6) is 0 Å². The van der Waals surface area contributed by atoms with Crippen LogP contribution in [0.25, 0.3) is 16.7 Å². The van der Waals surface area contributed by atoms with Crippen molar-refractivity contribution < 1.29 is 4.79 Å². The van der Waals surface area contributed by atoms with Crippen LogP contribution in [-0.2, 0) is 11.2 Å². The minimum Gasteiger partial charge on any atom is -0.326 e. The average molecular weight is 333 g/mol. The molecule has 25 heavy (non-hydrogen) atoms. The van der Waals surface area contributed by atoms with E-state index in [2.05, 4.69) is 20.4 Å². The second-order valence-electron chi connectivity index (χ2n) is 5.69. The number of imidazole rings is 1. The van der Waals surface area contributed by atoms with Crippen LogP contribution >= 0.6 is 0 Å². The van der Waals surface area contributed by atoms with Crippen molar-refractivity contribution in [2.75, 3.05) is 5.32 Å². The van der Waals surface area contributed by atoms with Crippen molar-refractivity contribution in [2.45, 2.75) is 6.42 Å². The number of carbonyl (C=O) groups excluding carboxylic acids is 1. The number of H-pyrrole nitrogens is 2. The Morgan fingerprint density at radius 3 is 2.72 bits per heavy atom. The molecule has 2 aromatic heterocycles. The maximum atomic E-state index is 12.2. The van der Waals surface area contributed by atoms with Gasteiger partial charge < -0.3 is 15.3 Å². The first-order valence-electron chi connectivity index (χ1n) is 7.78. The molecule has 0 aliphatic heterocycles. The van der Waals surface area contributed by atoms with Crippen molar-refractivity contribution in [1.29, 1.82) is 0 Å².